The number of nitrogens with zero attached hydrogens (tertiary/aromatic N) is 2. The van der Waals surface area contributed by atoms with Crippen molar-refractivity contribution in [1.82, 2.24) is 9.21 Å². The fourth-order valence-corrected chi connectivity index (χ4v) is 5.53. The van der Waals surface area contributed by atoms with Crippen LogP contribution in [-0.4, -0.2) is 50.8 Å². The van der Waals surface area contributed by atoms with E-state index in [1.165, 1.54) is 15.6 Å². The molecule has 0 amide bonds. The quantitative estimate of drug-likeness (QED) is 0.907. The highest BCUT2D eigenvalue weighted by atomic mass is 32.2. The second-order valence-corrected chi connectivity index (χ2v) is 8.72. The lowest BCUT2D eigenvalue weighted by Crippen LogP contribution is -2.47. The molecule has 0 aliphatic carbocycles. The van der Waals surface area contributed by atoms with Gasteiger partial charge in [0.1, 0.15) is 0 Å². The van der Waals surface area contributed by atoms with E-state index < -0.39 is 10.0 Å². The van der Waals surface area contributed by atoms with E-state index in [1.54, 1.807) is 13.1 Å². The minimum atomic E-state index is -3.42. The van der Waals surface area contributed by atoms with Crippen molar-refractivity contribution in [3.63, 3.8) is 0 Å². The molecule has 1 aliphatic rings. The van der Waals surface area contributed by atoms with Gasteiger partial charge in [0.15, 0.2) is 0 Å². The first-order valence-corrected chi connectivity index (χ1v) is 9.08. The molecule has 1 saturated heterocycles. The Morgan fingerprint density at radius 2 is 2.25 bits per heavy atom. The van der Waals surface area contributed by atoms with E-state index in [1.807, 2.05) is 14.0 Å². The lowest BCUT2D eigenvalue weighted by Gasteiger charge is -2.35. The Morgan fingerprint density at radius 3 is 2.80 bits per heavy atom. The maximum atomic E-state index is 12.8. The summed E-state index contributed by atoms with van der Waals surface area (Å²) in [6.07, 6.45) is 1.96. The molecule has 1 unspecified atom stereocenters. The van der Waals surface area contributed by atoms with Crippen LogP contribution >= 0.6 is 11.3 Å². The minimum Gasteiger partial charge on any atom is -0.326 e. The number of piperidine rings is 1. The van der Waals surface area contributed by atoms with Crippen molar-refractivity contribution < 1.29 is 8.42 Å². The van der Waals surface area contributed by atoms with Crippen LogP contribution in [0, 0.1) is 6.92 Å². The van der Waals surface area contributed by atoms with Gasteiger partial charge in [0.2, 0.25) is 10.0 Å². The van der Waals surface area contributed by atoms with Gasteiger partial charge in [-0.05, 0) is 39.4 Å². The fraction of sp³-hybridized carbons (Fsp3) is 0.692. The van der Waals surface area contributed by atoms with Gasteiger partial charge in [-0.2, -0.15) is 4.31 Å². The van der Waals surface area contributed by atoms with Gasteiger partial charge in [0.05, 0.1) is 4.90 Å². The van der Waals surface area contributed by atoms with Crippen LogP contribution in [0.4, 0.5) is 0 Å². The zero-order valence-corrected chi connectivity index (χ0v) is 13.9. The van der Waals surface area contributed by atoms with Gasteiger partial charge in [-0.1, -0.05) is 0 Å². The molecule has 2 N–H and O–H groups in total. The van der Waals surface area contributed by atoms with Gasteiger partial charge in [-0.3, -0.25) is 0 Å². The second kappa shape index (κ2) is 6.11. The third-order valence-electron chi connectivity index (χ3n) is 3.90. The first kappa shape index (κ1) is 15.9. The highest BCUT2D eigenvalue weighted by molar-refractivity contribution is 7.89. The summed E-state index contributed by atoms with van der Waals surface area (Å²) >= 11 is 1.46. The van der Waals surface area contributed by atoms with Crippen LogP contribution in [-0.2, 0) is 16.6 Å². The Labute approximate surface area is 125 Å². The van der Waals surface area contributed by atoms with Crippen LogP contribution in [0.3, 0.4) is 0 Å². The van der Waals surface area contributed by atoms with E-state index in [-0.39, 0.29) is 6.04 Å². The van der Waals surface area contributed by atoms with Gasteiger partial charge >= 0.3 is 0 Å². The number of sulfonamides is 1. The number of likely N-dealkylation sites (N-methyl/N-ethyl adjacent to an activating group) is 2. The predicted molar refractivity (Wildman–Crippen MR) is 82.4 cm³/mol. The maximum absolute atomic E-state index is 12.8. The van der Waals surface area contributed by atoms with Crippen molar-refractivity contribution in [2.75, 3.05) is 27.2 Å². The zero-order chi connectivity index (χ0) is 14.9. The van der Waals surface area contributed by atoms with Gasteiger partial charge in [0.25, 0.3) is 0 Å². The van der Waals surface area contributed by atoms with E-state index >= 15 is 0 Å². The smallest absolute Gasteiger partial charge is 0.244 e. The number of rotatable bonds is 4. The molecule has 2 heterocycles. The van der Waals surface area contributed by atoms with E-state index in [0.29, 0.717) is 11.4 Å². The lowest BCUT2D eigenvalue weighted by atomic mass is 10.1. The van der Waals surface area contributed by atoms with Gasteiger partial charge in [0, 0.05) is 35.9 Å². The second-order valence-electron chi connectivity index (χ2n) is 5.42. The lowest BCUT2D eigenvalue weighted by molar-refractivity contribution is 0.187. The summed E-state index contributed by atoms with van der Waals surface area (Å²) in [5, 5.41) is 0. The van der Waals surface area contributed by atoms with Crippen molar-refractivity contribution in [2.45, 2.75) is 37.2 Å². The number of likely N-dealkylation sites (tertiary alicyclic amines) is 1. The average molecular weight is 317 g/mol. The van der Waals surface area contributed by atoms with Crippen LogP contribution in [0.5, 0.6) is 0 Å². The van der Waals surface area contributed by atoms with Crippen molar-refractivity contribution in [2.24, 2.45) is 5.73 Å². The Balaban J connectivity index is 2.26. The molecular formula is C13H23N3O2S2. The van der Waals surface area contributed by atoms with Crippen LogP contribution in [0.25, 0.3) is 0 Å². The molecule has 5 nitrogen and oxygen atoms in total. The molecule has 114 valence electrons. The van der Waals surface area contributed by atoms with Gasteiger partial charge in [-0.25, -0.2) is 8.42 Å². The Hall–Kier alpha value is -0.470. The Bertz CT molecular complexity index is 568. The topological polar surface area (TPSA) is 66.6 Å². The summed E-state index contributed by atoms with van der Waals surface area (Å²) in [5.74, 6) is 0. The summed E-state index contributed by atoms with van der Waals surface area (Å²) in [6, 6.07) is 1.78. The monoisotopic (exact) mass is 317 g/mol. The Kier molecular flexibility index (Phi) is 4.86. The summed E-state index contributed by atoms with van der Waals surface area (Å²) in [4.78, 5) is 4.33. The normalized spacial score (nSPS) is 21.6. The van der Waals surface area contributed by atoms with Gasteiger partial charge < -0.3 is 10.6 Å². The summed E-state index contributed by atoms with van der Waals surface area (Å²) in [7, 11) is 0.309. The average Bonchev–Trinajstić information content (AvgIpc) is 2.80. The van der Waals surface area contributed by atoms with E-state index in [4.69, 9.17) is 5.73 Å². The third-order valence-corrected chi connectivity index (χ3v) is 7.13. The molecule has 0 radical (unpaired) electrons. The van der Waals surface area contributed by atoms with Crippen LogP contribution < -0.4 is 5.73 Å². The molecule has 0 spiro atoms. The minimum absolute atomic E-state index is 0.0550. The molecule has 0 saturated carbocycles. The molecule has 2 rings (SSSR count). The van der Waals surface area contributed by atoms with Crippen LogP contribution in [0.1, 0.15) is 22.6 Å². The van der Waals surface area contributed by atoms with Crippen molar-refractivity contribution in [3.05, 3.63) is 15.8 Å². The standard InChI is InChI=1S/C13H23N3O2S2/c1-10-13(7-12(8-14)19-10)20(17,18)16(3)11-5-4-6-15(2)9-11/h7,11H,4-6,8-9,14H2,1-3H3. The number of hydrogen-bond acceptors (Lipinski definition) is 5. The highest BCUT2D eigenvalue weighted by Crippen LogP contribution is 2.29. The molecule has 1 fully saturated rings. The molecule has 1 aromatic rings. The predicted octanol–water partition coefficient (Wildman–Crippen LogP) is 1.23. The van der Waals surface area contributed by atoms with Gasteiger partial charge in [-0.15, -0.1) is 11.3 Å². The molecule has 20 heavy (non-hydrogen) atoms. The van der Waals surface area contributed by atoms with Crippen LogP contribution in [0.2, 0.25) is 0 Å². The molecule has 0 aromatic carbocycles. The summed E-state index contributed by atoms with van der Waals surface area (Å²) in [5.41, 5.74) is 5.61. The number of hydrogen-bond donors (Lipinski definition) is 1. The molecule has 1 atom stereocenters. The molecular weight excluding hydrogens is 294 g/mol. The number of thiophene rings is 1. The first-order chi connectivity index (χ1) is 9.36. The third kappa shape index (κ3) is 3.07. The highest BCUT2D eigenvalue weighted by Gasteiger charge is 2.32. The summed E-state index contributed by atoms with van der Waals surface area (Å²) in [6.45, 7) is 4.07. The zero-order valence-electron chi connectivity index (χ0n) is 12.3. The van der Waals surface area contributed by atoms with E-state index in [0.717, 1.165) is 35.7 Å². The molecule has 1 aliphatic heterocycles. The fourth-order valence-electron chi connectivity index (χ4n) is 2.67. The van der Waals surface area contributed by atoms with Crippen molar-refractivity contribution in [1.29, 1.82) is 0 Å². The van der Waals surface area contributed by atoms with Crippen molar-refractivity contribution in [3.8, 4) is 0 Å². The number of aryl methyl sites for hydroxylation is 1. The maximum Gasteiger partial charge on any atom is 0.244 e. The Morgan fingerprint density at radius 1 is 1.55 bits per heavy atom. The molecule has 7 heteroatoms. The molecule has 0 bridgehead atoms. The van der Waals surface area contributed by atoms with Crippen molar-refractivity contribution >= 4 is 21.4 Å². The summed E-state index contributed by atoms with van der Waals surface area (Å²) < 4.78 is 27.1. The van der Waals surface area contributed by atoms with Crippen LogP contribution in [0.15, 0.2) is 11.0 Å². The molecule has 1 aromatic heterocycles. The van der Waals surface area contributed by atoms with E-state index in [2.05, 4.69) is 4.90 Å². The largest absolute Gasteiger partial charge is 0.326 e. The van der Waals surface area contributed by atoms with E-state index in [9.17, 15) is 8.42 Å². The number of nitrogens with two attached hydrogens (primary N) is 1. The first-order valence-electron chi connectivity index (χ1n) is 6.82. The SMILES string of the molecule is Cc1sc(CN)cc1S(=O)(=O)N(C)C1CCCN(C)C1.